The van der Waals surface area contributed by atoms with Crippen molar-refractivity contribution in [3.05, 3.63) is 52.8 Å². The molecule has 0 N–H and O–H groups in total. The monoisotopic (exact) mass is 358 g/mol. The second kappa shape index (κ2) is 6.08. The summed E-state index contributed by atoms with van der Waals surface area (Å²) < 4.78 is 16.5. The fraction of sp³-hybridized carbons (Fsp3) is 0.263. The van der Waals surface area contributed by atoms with Gasteiger partial charge in [-0.05, 0) is 49.2 Å². The van der Waals surface area contributed by atoms with Gasteiger partial charge in [-0.3, -0.25) is 0 Å². The minimum absolute atomic E-state index is 0.158. The molecule has 1 saturated carbocycles. The van der Waals surface area contributed by atoms with Crippen LogP contribution in [-0.2, 0) is 19.1 Å². The first-order chi connectivity index (χ1) is 12.0. The second-order valence-electron chi connectivity index (χ2n) is 6.16. The van der Waals surface area contributed by atoms with Crippen LogP contribution in [0.4, 0.5) is 0 Å². The van der Waals surface area contributed by atoms with Crippen molar-refractivity contribution in [2.75, 3.05) is 0 Å². The summed E-state index contributed by atoms with van der Waals surface area (Å²) in [5, 5.41) is 0.631. The van der Waals surface area contributed by atoms with E-state index in [2.05, 4.69) is 0 Å². The molecule has 1 aliphatic heterocycles. The predicted octanol–water partition coefficient (Wildman–Crippen LogP) is 4.35. The molecule has 0 amide bonds. The Kier molecular flexibility index (Phi) is 3.88. The number of carbonyl (C=O) groups is 2. The van der Waals surface area contributed by atoms with Gasteiger partial charge in [-0.15, -0.1) is 0 Å². The SMILES string of the molecule is O=C1OC2(CCCC2)OC(=O)C1=Cc1ccc(-c2ccc(Cl)cc2)o1. The average molecular weight is 359 g/mol. The summed E-state index contributed by atoms with van der Waals surface area (Å²) in [5.41, 5.74) is 0.683. The van der Waals surface area contributed by atoms with Crippen molar-refractivity contribution in [3.63, 3.8) is 0 Å². The molecule has 25 heavy (non-hydrogen) atoms. The van der Waals surface area contributed by atoms with E-state index in [0.29, 0.717) is 29.4 Å². The van der Waals surface area contributed by atoms with Crippen LogP contribution in [0.2, 0.25) is 5.02 Å². The van der Waals surface area contributed by atoms with Crippen molar-refractivity contribution in [2.45, 2.75) is 31.5 Å². The second-order valence-corrected chi connectivity index (χ2v) is 6.60. The molecule has 128 valence electrons. The first-order valence-corrected chi connectivity index (χ1v) is 8.47. The molecule has 0 radical (unpaired) electrons. The van der Waals surface area contributed by atoms with Gasteiger partial charge in [0.05, 0.1) is 0 Å². The van der Waals surface area contributed by atoms with Gasteiger partial charge < -0.3 is 13.9 Å². The fourth-order valence-corrected chi connectivity index (χ4v) is 3.26. The van der Waals surface area contributed by atoms with Crippen molar-refractivity contribution in [1.82, 2.24) is 0 Å². The van der Waals surface area contributed by atoms with Crippen LogP contribution in [0.3, 0.4) is 0 Å². The highest BCUT2D eigenvalue weighted by atomic mass is 35.5. The number of ether oxygens (including phenoxy) is 2. The van der Waals surface area contributed by atoms with Crippen LogP contribution in [0.25, 0.3) is 17.4 Å². The highest BCUT2D eigenvalue weighted by molar-refractivity contribution is 6.30. The Labute approximate surface area is 149 Å². The van der Waals surface area contributed by atoms with Crippen molar-refractivity contribution >= 4 is 29.6 Å². The van der Waals surface area contributed by atoms with Crippen LogP contribution in [0, 0.1) is 0 Å². The van der Waals surface area contributed by atoms with Crippen LogP contribution in [0.5, 0.6) is 0 Å². The number of benzene rings is 1. The summed E-state index contributed by atoms with van der Waals surface area (Å²) in [6.45, 7) is 0. The lowest BCUT2D eigenvalue weighted by atomic mass is 10.1. The minimum atomic E-state index is -1.07. The van der Waals surface area contributed by atoms with Crippen molar-refractivity contribution in [3.8, 4) is 11.3 Å². The van der Waals surface area contributed by atoms with Gasteiger partial charge in [-0.1, -0.05) is 11.6 Å². The van der Waals surface area contributed by atoms with E-state index in [-0.39, 0.29) is 5.57 Å². The summed E-state index contributed by atoms with van der Waals surface area (Å²) in [6, 6.07) is 10.6. The normalized spacial score (nSPS) is 19.0. The highest BCUT2D eigenvalue weighted by Gasteiger charge is 2.48. The number of halogens is 1. The van der Waals surface area contributed by atoms with Crippen LogP contribution in [-0.4, -0.2) is 17.7 Å². The molecule has 4 rings (SSSR count). The first-order valence-electron chi connectivity index (χ1n) is 8.09. The minimum Gasteiger partial charge on any atom is -0.457 e. The summed E-state index contributed by atoms with van der Waals surface area (Å²) in [6.07, 6.45) is 4.22. The van der Waals surface area contributed by atoms with E-state index in [1.165, 1.54) is 6.08 Å². The third-order valence-electron chi connectivity index (χ3n) is 4.40. The molecular formula is C19H15ClO5. The van der Waals surface area contributed by atoms with Crippen molar-refractivity contribution in [1.29, 1.82) is 0 Å². The number of esters is 2. The Morgan fingerprint density at radius 2 is 1.56 bits per heavy atom. The molecule has 1 spiro atoms. The number of hydrogen-bond donors (Lipinski definition) is 0. The van der Waals surface area contributed by atoms with Crippen molar-refractivity contribution < 1.29 is 23.5 Å². The summed E-state index contributed by atoms with van der Waals surface area (Å²) in [4.78, 5) is 24.5. The van der Waals surface area contributed by atoms with Crippen molar-refractivity contribution in [2.24, 2.45) is 0 Å². The number of rotatable bonds is 2. The summed E-state index contributed by atoms with van der Waals surface area (Å²) >= 11 is 5.87. The van der Waals surface area contributed by atoms with Crippen LogP contribution < -0.4 is 0 Å². The van der Waals surface area contributed by atoms with Gasteiger partial charge in [-0.2, -0.15) is 0 Å². The van der Waals surface area contributed by atoms with E-state index >= 15 is 0 Å². The first kappa shape index (κ1) is 16.0. The number of carbonyl (C=O) groups excluding carboxylic acids is 2. The zero-order valence-corrected chi connectivity index (χ0v) is 14.0. The van der Waals surface area contributed by atoms with Crippen LogP contribution >= 0.6 is 11.6 Å². The Bertz CT molecular complexity index is 834. The summed E-state index contributed by atoms with van der Waals surface area (Å²) in [7, 11) is 0. The predicted molar refractivity (Wildman–Crippen MR) is 90.5 cm³/mol. The number of furan rings is 1. The molecule has 2 aliphatic rings. The Morgan fingerprint density at radius 3 is 2.20 bits per heavy atom. The number of hydrogen-bond acceptors (Lipinski definition) is 5. The van der Waals surface area contributed by atoms with Crippen LogP contribution in [0.15, 0.2) is 46.4 Å². The van der Waals surface area contributed by atoms with E-state index < -0.39 is 17.7 Å². The van der Waals surface area contributed by atoms with Gasteiger partial charge in [0.2, 0.25) is 0 Å². The molecule has 1 saturated heterocycles. The van der Waals surface area contributed by atoms with E-state index in [4.69, 9.17) is 25.5 Å². The van der Waals surface area contributed by atoms with Gasteiger partial charge in [0.1, 0.15) is 17.1 Å². The summed E-state index contributed by atoms with van der Waals surface area (Å²) in [5.74, 6) is -1.42. The van der Waals surface area contributed by atoms with Gasteiger partial charge in [-0.25, -0.2) is 9.59 Å². The highest BCUT2D eigenvalue weighted by Crippen LogP contribution is 2.38. The maximum atomic E-state index is 12.2. The third kappa shape index (κ3) is 3.07. The Morgan fingerprint density at radius 1 is 0.920 bits per heavy atom. The zero-order valence-electron chi connectivity index (χ0n) is 13.3. The van der Waals surface area contributed by atoms with Gasteiger partial charge in [0, 0.05) is 29.5 Å². The van der Waals surface area contributed by atoms with E-state index in [9.17, 15) is 9.59 Å². The maximum Gasteiger partial charge on any atom is 0.349 e. The quantitative estimate of drug-likeness (QED) is 0.453. The van der Waals surface area contributed by atoms with Crippen LogP contribution in [0.1, 0.15) is 31.4 Å². The lowest BCUT2D eigenvalue weighted by Crippen LogP contribution is -2.44. The molecule has 0 atom stereocenters. The van der Waals surface area contributed by atoms with Gasteiger partial charge in [0.25, 0.3) is 5.79 Å². The maximum absolute atomic E-state index is 12.2. The molecule has 6 heteroatoms. The Hall–Kier alpha value is -2.53. The van der Waals surface area contributed by atoms with E-state index in [1.54, 1.807) is 24.3 Å². The van der Waals surface area contributed by atoms with Gasteiger partial charge in [0.15, 0.2) is 0 Å². The Balaban J connectivity index is 1.58. The van der Waals surface area contributed by atoms with E-state index in [1.807, 2.05) is 12.1 Å². The van der Waals surface area contributed by atoms with Gasteiger partial charge >= 0.3 is 11.9 Å². The molecule has 2 fully saturated rings. The lowest BCUT2D eigenvalue weighted by molar-refractivity contribution is -0.232. The smallest absolute Gasteiger partial charge is 0.349 e. The zero-order chi connectivity index (χ0) is 17.4. The molecule has 2 aromatic rings. The molecule has 1 aliphatic carbocycles. The topological polar surface area (TPSA) is 65.7 Å². The largest absolute Gasteiger partial charge is 0.457 e. The lowest BCUT2D eigenvalue weighted by Gasteiger charge is -2.32. The molecular weight excluding hydrogens is 344 g/mol. The molecule has 1 aromatic carbocycles. The molecule has 1 aromatic heterocycles. The standard InChI is InChI=1S/C19H15ClO5/c20-13-5-3-12(4-6-13)16-8-7-14(23-16)11-15-17(21)24-19(25-18(15)22)9-1-2-10-19/h3-8,11H,1-2,9-10H2. The van der Waals surface area contributed by atoms with E-state index in [0.717, 1.165) is 18.4 Å². The third-order valence-corrected chi connectivity index (χ3v) is 4.66. The average Bonchev–Trinajstić information content (AvgIpc) is 3.22. The molecule has 0 unspecified atom stereocenters. The molecule has 0 bridgehead atoms. The molecule has 2 heterocycles. The molecule has 5 nitrogen and oxygen atoms in total. The fourth-order valence-electron chi connectivity index (χ4n) is 3.13.